The van der Waals surface area contributed by atoms with Gasteiger partial charge in [-0.3, -0.25) is 0 Å². The van der Waals surface area contributed by atoms with Crippen LogP contribution in [0.25, 0.3) is 0 Å². The van der Waals surface area contributed by atoms with Gasteiger partial charge in [-0.1, -0.05) is 44.9 Å². The molecule has 4 nitrogen and oxygen atoms in total. The van der Waals surface area contributed by atoms with E-state index in [4.69, 9.17) is 25.8 Å². The molecule has 176 valence electrons. The summed E-state index contributed by atoms with van der Waals surface area (Å²) in [4.78, 5) is 0. The molecule has 0 aromatic rings. The third-order valence-corrected chi connectivity index (χ3v) is 6.24. The molecule has 5 atom stereocenters. The van der Waals surface area contributed by atoms with Crippen molar-refractivity contribution < 1.29 is 19.3 Å². The number of allylic oxidation sites excluding steroid dienone is 4. The predicted molar refractivity (Wildman–Crippen MR) is 125 cm³/mol. The standard InChI is InChI=1S/C25H45ClO4/c1-6-9-16-29-23-17-24(30-25(27)18-23)20(5)12-14-21(26)13-10-19(4)11-15-22(7-2)28-8-3/h7,14,19-20,23-25,27H,6,8-13,15-18H2,1-5H3/b21-14+,22-7+/t19?,20?,23-,24-,25?/m1/s1. The van der Waals surface area contributed by atoms with Gasteiger partial charge in [-0.25, -0.2) is 0 Å². The number of aliphatic hydroxyl groups excluding tert-OH is 1. The van der Waals surface area contributed by atoms with Gasteiger partial charge in [-0.15, -0.1) is 0 Å². The van der Waals surface area contributed by atoms with Crippen LogP contribution in [-0.4, -0.2) is 36.8 Å². The zero-order valence-electron chi connectivity index (χ0n) is 19.9. The van der Waals surface area contributed by atoms with E-state index in [1.807, 2.05) is 13.8 Å². The van der Waals surface area contributed by atoms with Gasteiger partial charge in [-0.2, -0.15) is 0 Å². The number of aliphatic hydroxyl groups is 1. The smallest absolute Gasteiger partial charge is 0.157 e. The van der Waals surface area contributed by atoms with Crippen molar-refractivity contribution in [3.63, 3.8) is 0 Å². The van der Waals surface area contributed by atoms with Crippen LogP contribution in [0.15, 0.2) is 22.9 Å². The molecule has 1 N–H and O–H groups in total. The molecule has 1 rings (SSSR count). The highest BCUT2D eigenvalue weighted by Gasteiger charge is 2.31. The molecule has 0 spiro atoms. The molecular weight excluding hydrogens is 400 g/mol. The Balaban J connectivity index is 2.35. The van der Waals surface area contributed by atoms with Crippen molar-refractivity contribution in [2.45, 2.75) is 111 Å². The van der Waals surface area contributed by atoms with E-state index in [0.29, 0.717) is 18.3 Å². The van der Waals surface area contributed by atoms with Crippen molar-refractivity contribution in [2.75, 3.05) is 13.2 Å². The summed E-state index contributed by atoms with van der Waals surface area (Å²) >= 11 is 6.50. The molecule has 1 heterocycles. The zero-order valence-corrected chi connectivity index (χ0v) is 20.6. The predicted octanol–water partition coefficient (Wildman–Crippen LogP) is 6.95. The molecule has 0 aliphatic carbocycles. The molecule has 5 heteroatoms. The maximum atomic E-state index is 10.1. The second kappa shape index (κ2) is 16.1. The molecule has 0 bridgehead atoms. The molecule has 1 saturated heterocycles. The van der Waals surface area contributed by atoms with E-state index in [1.54, 1.807) is 0 Å². The van der Waals surface area contributed by atoms with Crippen LogP contribution in [-0.2, 0) is 14.2 Å². The van der Waals surface area contributed by atoms with Crippen LogP contribution < -0.4 is 0 Å². The Kier molecular flexibility index (Phi) is 14.8. The van der Waals surface area contributed by atoms with Gasteiger partial charge in [0, 0.05) is 30.9 Å². The first-order valence-corrected chi connectivity index (χ1v) is 12.3. The minimum atomic E-state index is -0.725. The van der Waals surface area contributed by atoms with E-state index >= 15 is 0 Å². The third-order valence-electron chi connectivity index (χ3n) is 5.90. The van der Waals surface area contributed by atoms with Crippen LogP contribution in [0.2, 0.25) is 0 Å². The van der Waals surface area contributed by atoms with Gasteiger partial charge in [0.15, 0.2) is 6.29 Å². The van der Waals surface area contributed by atoms with Gasteiger partial charge in [0.25, 0.3) is 0 Å². The van der Waals surface area contributed by atoms with Crippen molar-refractivity contribution in [2.24, 2.45) is 11.8 Å². The van der Waals surface area contributed by atoms with E-state index in [1.165, 1.54) is 0 Å². The normalized spacial score (nSPS) is 25.2. The summed E-state index contributed by atoms with van der Waals surface area (Å²) in [6.07, 6.45) is 12.1. The summed E-state index contributed by atoms with van der Waals surface area (Å²) in [6, 6.07) is 0. The first-order valence-electron chi connectivity index (χ1n) is 12.0. The van der Waals surface area contributed by atoms with Crippen LogP contribution in [0.1, 0.15) is 92.4 Å². The molecule has 1 aliphatic rings. The lowest BCUT2D eigenvalue weighted by molar-refractivity contribution is -0.208. The summed E-state index contributed by atoms with van der Waals surface area (Å²) in [5.41, 5.74) is 0. The van der Waals surface area contributed by atoms with Crippen LogP contribution in [0.4, 0.5) is 0 Å². The second-order valence-electron chi connectivity index (χ2n) is 8.68. The highest BCUT2D eigenvalue weighted by Crippen LogP contribution is 2.29. The Hall–Kier alpha value is -0.550. The quantitative estimate of drug-likeness (QED) is 0.219. The van der Waals surface area contributed by atoms with E-state index in [9.17, 15) is 5.11 Å². The molecule has 1 fully saturated rings. The molecular formula is C25H45ClO4. The van der Waals surface area contributed by atoms with Crippen molar-refractivity contribution >= 4 is 11.6 Å². The fourth-order valence-corrected chi connectivity index (χ4v) is 3.96. The monoisotopic (exact) mass is 444 g/mol. The van der Waals surface area contributed by atoms with Gasteiger partial charge in [-0.05, 0) is 63.9 Å². The Morgan fingerprint density at radius 3 is 2.60 bits per heavy atom. The average Bonchev–Trinajstić information content (AvgIpc) is 2.73. The Labute approximate surface area is 190 Å². The Morgan fingerprint density at radius 1 is 1.20 bits per heavy atom. The number of ether oxygens (including phenoxy) is 3. The van der Waals surface area contributed by atoms with Gasteiger partial charge < -0.3 is 19.3 Å². The van der Waals surface area contributed by atoms with Crippen molar-refractivity contribution in [3.8, 4) is 0 Å². The van der Waals surface area contributed by atoms with Crippen LogP contribution in [0.5, 0.6) is 0 Å². The number of rotatable bonds is 15. The Bertz CT molecular complexity index is 505. The Morgan fingerprint density at radius 2 is 1.93 bits per heavy atom. The average molecular weight is 445 g/mol. The van der Waals surface area contributed by atoms with Crippen molar-refractivity contribution in [1.29, 1.82) is 0 Å². The summed E-state index contributed by atoms with van der Waals surface area (Å²) in [6.45, 7) is 12.2. The van der Waals surface area contributed by atoms with Gasteiger partial charge in [0.1, 0.15) is 0 Å². The van der Waals surface area contributed by atoms with Gasteiger partial charge >= 0.3 is 0 Å². The number of unbranched alkanes of at least 4 members (excludes halogenated alkanes) is 1. The summed E-state index contributed by atoms with van der Waals surface area (Å²) in [5, 5.41) is 11.0. The van der Waals surface area contributed by atoms with Crippen LogP contribution in [0.3, 0.4) is 0 Å². The fourth-order valence-electron chi connectivity index (χ4n) is 3.76. The largest absolute Gasteiger partial charge is 0.499 e. The molecule has 1 aliphatic heterocycles. The topological polar surface area (TPSA) is 47.9 Å². The van der Waals surface area contributed by atoms with Gasteiger partial charge in [0.05, 0.1) is 24.6 Å². The molecule has 0 saturated carbocycles. The highest BCUT2D eigenvalue weighted by atomic mass is 35.5. The second-order valence-corrected chi connectivity index (χ2v) is 9.17. The first-order chi connectivity index (χ1) is 14.4. The third kappa shape index (κ3) is 11.7. The van der Waals surface area contributed by atoms with E-state index in [2.05, 4.69) is 32.9 Å². The summed E-state index contributed by atoms with van der Waals surface area (Å²) in [7, 11) is 0. The summed E-state index contributed by atoms with van der Waals surface area (Å²) in [5.74, 6) is 2.00. The van der Waals surface area contributed by atoms with E-state index in [-0.39, 0.29) is 12.2 Å². The molecule has 0 aromatic carbocycles. The number of hydrogen-bond acceptors (Lipinski definition) is 4. The molecule has 3 unspecified atom stereocenters. The minimum Gasteiger partial charge on any atom is -0.499 e. The van der Waals surface area contributed by atoms with E-state index < -0.39 is 6.29 Å². The molecule has 0 radical (unpaired) electrons. The highest BCUT2D eigenvalue weighted by molar-refractivity contribution is 6.29. The molecule has 30 heavy (non-hydrogen) atoms. The van der Waals surface area contributed by atoms with Crippen molar-refractivity contribution in [1.82, 2.24) is 0 Å². The minimum absolute atomic E-state index is 0.0119. The fraction of sp³-hybridized carbons (Fsp3) is 0.840. The SMILES string of the molecule is C/C=C(\CCC(C)CC/C(Cl)=C\CC(C)[C@H]1C[C@@H](OCCCC)CC(O)O1)OCC. The molecule has 0 amide bonds. The van der Waals surface area contributed by atoms with Crippen LogP contribution in [0, 0.1) is 11.8 Å². The first kappa shape index (κ1) is 27.5. The lowest BCUT2D eigenvalue weighted by Gasteiger charge is -2.35. The maximum Gasteiger partial charge on any atom is 0.157 e. The number of hydrogen-bond donors (Lipinski definition) is 1. The van der Waals surface area contributed by atoms with E-state index in [0.717, 1.165) is 75.4 Å². The maximum absolute atomic E-state index is 10.1. The lowest BCUT2D eigenvalue weighted by Crippen LogP contribution is -2.40. The van der Waals surface area contributed by atoms with Crippen molar-refractivity contribution in [3.05, 3.63) is 22.9 Å². The summed E-state index contributed by atoms with van der Waals surface area (Å²) < 4.78 is 17.3. The lowest BCUT2D eigenvalue weighted by atomic mass is 9.92. The zero-order chi connectivity index (χ0) is 22.4. The van der Waals surface area contributed by atoms with Gasteiger partial charge in [0.2, 0.25) is 0 Å². The van der Waals surface area contributed by atoms with Crippen LogP contribution >= 0.6 is 11.6 Å². The molecule has 0 aromatic heterocycles. The number of halogens is 1.